The molecule has 0 aliphatic carbocycles. The van der Waals surface area contributed by atoms with Gasteiger partial charge in [0, 0.05) is 37.8 Å². The molecule has 0 unspecified atom stereocenters. The molecule has 13 heteroatoms. The number of hydrogen-bond donors (Lipinski definition) is 7. The van der Waals surface area contributed by atoms with Crippen molar-refractivity contribution in [3.8, 4) is 22.3 Å². The smallest absolute Gasteiger partial charge is 0.224 e. The Kier molecular flexibility index (Phi) is 18.6. The SMILES string of the molecule is CC(C)(C)c1cc(-c2ccc(C[C@H](NC(=O)[C@H](CCCN=C(N)N)CC(=O)[C@@H](N)Cc3ccc(-c4ccccc4)cc3)C(=O)C[C@@H](CCCN=C(N)N)C(N)=O)cc2)cc(C(C)(C)C)c1. The van der Waals surface area contributed by atoms with Crippen LogP contribution in [0, 0.1) is 11.8 Å². The molecule has 0 aromatic heterocycles. The van der Waals surface area contributed by atoms with E-state index in [0.717, 1.165) is 33.4 Å². The van der Waals surface area contributed by atoms with Crippen molar-refractivity contribution in [2.24, 2.45) is 56.2 Å². The molecule has 13 N–H and O–H groups in total. The summed E-state index contributed by atoms with van der Waals surface area (Å²) >= 11 is 0. The van der Waals surface area contributed by atoms with E-state index in [1.807, 2.05) is 78.9 Å². The van der Waals surface area contributed by atoms with Crippen LogP contribution < -0.4 is 39.7 Å². The lowest BCUT2D eigenvalue weighted by atomic mass is 9.79. The number of Topliss-reactive ketones (excluding diaryl/α,β-unsaturated/α-hetero) is 2. The van der Waals surface area contributed by atoms with Gasteiger partial charge in [-0.25, -0.2) is 0 Å². The number of aliphatic imine (C=N–C) groups is 2. The van der Waals surface area contributed by atoms with Gasteiger partial charge in [0.15, 0.2) is 23.5 Å². The van der Waals surface area contributed by atoms with E-state index in [2.05, 4.69) is 75.0 Å². The molecule has 348 valence electrons. The Morgan fingerprint density at radius 3 is 1.48 bits per heavy atom. The van der Waals surface area contributed by atoms with Gasteiger partial charge in [-0.15, -0.1) is 0 Å². The van der Waals surface area contributed by atoms with Crippen molar-refractivity contribution in [1.29, 1.82) is 0 Å². The average molecular weight is 886 g/mol. The summed E-state index contributed by atoms with van der Waals surface area (Å²) in [6.07, 6.45) is 1.38. The summed E-state index contributed by atoms with van der Waals surface area (Å²) in [6, 6.07) is 30.6. The van der Waals surface area contributed by atoms with Gasteiger partial charge in [-0.1, -0.05) is 139 Å². The van der Waals surface area contributed by atoms with Crippen molar-refractivity contribution in [3.63, 3.8) is 0 Å². The number of primary amides is 1. The van der Waals surface area contributed by atoms with Crippen LogP contribution in [0.1, 0.15) is 102 Å². The Hall–Kier alpha value is -6.34. The van der Waals surface area contributed by atoms with E-state index in [1.54, 1.807) is 0 Å². The second-order valence-corrected chi connectivity index (χ2v) is 19.2. The van der Waals surface area contributed by atoms with E-state index in [0.29, 0.717) is 12.8 Å². The third kappa shape index (κ3) is 16.6. The molecule has 0 heterocycles. The summed E-state index contributed by atoms with van der Waals surface area (Å²) < 4.78 is 0. The Morgan fingerprint density at radius 1 is 0.554 bits per heavy atom. The van der Waals surface area contributed by atoms with Gasteiger partial charge in [-0.05, 0) is 93.9 Å². The van der Waals surface area contributed by atoms with Crippen LogP contribution in [0.15, 0.2) is 107 Å². The second-order valence-electron chi connectivity index (χ2n) is 19.2. The molecule has 4 rings (SSSR count). The molecule has 0 saturated carbocycles. The van der Waals surface area contributed by atoms with Crippen LogP contribution in [0.3, 0.4) is 0 Å². The zero-order chi connectivity index (χ0) is 47.9. The lowest BCUT2D eigenvalue weighted by Crippen LogP contribution is -2.47. The first-order valence-corrected chi connectivity index (χ1v) is 22.5. The van der Waals surface area contributed by atoms with Gasteiger partial charge in [0.2, 0.25) is 11.8 Å². The lowest BCUT2D eigenvalue weighted by Gasteiger charge is -2.26. The monoisotopic (exact) mass is 886 g/mol. The highest BCUT2D eigenvalue weighted by molar-refractivity contribution is 5.94. The number of nitrogens with two attached hydrogens (primary N) is 6. The maximum Gasteiger partial charge on any atom is 0.224 e. The number of benzene rings is 4. The molecular formula is C52H71N9O4. The van der Waals surface area contributed by atoms with E-state index in [9.17, 15) is 19.2 Å². The van der Waals surface area contributed by atoms with Crippen LogP contribution >= 0.6 is 0 Å². The summed E-state index contributed by atoms with van der Waals surface area (Å²) in [4.78, 5) is 63.1. The highest BCUT2D eigenvalue weighted by Crippen LogP contribution is 2.34. The molecule has 0 spiro atoms. The van der Waals surface area contributed by atoms with E-state index in [4.69, 9.17) is 34.4 Å². The van der Waals surface area contributed by atoms with Gasteiger partial charge < -0.3 is 39.7 Å². The van der Waals surface area contributed by atoms with E-state index in [-0.39, 0.29) is 85.9 Å². The molecule has 13 nitrogen and oxygen atoms in total. The number of nitrogens with one attached hydrogen (secondary N) is 1. The minimum absolute atomic E-state index is 0.0664. The van der Waals surface area contributed by atoms with Gasteiger partial charge in [-0.2, -0.15) is 0 Å². The van der Waals surface area contributed by atoms with E-state index < -0.39 is 35.7 Å². The molecule has 0 fully saturated rings. The van der Waals surface area contributed by atoms with Gasteiger partial charge in [-0.3, -0.25) is 29.2 Å². The van der Waals surface area contributed by atoms with Crippen LogP contribution in [0.25, 0.3) is 22.3 Å². The highest BCUT2D eigenvalue weighted by atomic mass is 16.2. The number of rotatable bonds is 23. The Bertz CT molecular complexity index is 2240. The number of amides is 2. The van der Waals surface area contributed by atoms with Crippen molar-refractivity contribution in [2.45, 2.75) is 116 Å². The number of carbonyl (C=O) groups is 4. The average Bonchev–Trinajstić information content (AvgIpc) is 3.25. The maximum absolute atomic E-state index is 14.4. The minimum atomic E-state index is -1.04. The standard InChI is InChI=1S/C52H71N9O4/c1-51(2,3)41-28-40(29-42(32-41)52(4,5)6)37-22-18-34(19-23-37)27-44(46(63)30-38(47(54)64)14-10-24-59-49(55)56)61-48(65)39(15-11-25-60-50(57)58)31-45(62)43(53)26-33-16-20-36(21-17-33)35-12-8-7-9-13-35/h7-9,12-13,16-23,28-29,32,38-39,43-44H,10-11,14-15,24-27,30-31,53H2,1-6H3,(H2,54,64)(H,61,65)(H4,55,56,59)(H4,57,58,60)/t38-,39-,43+,44+/m1/s1. The quantitative estimate of drug-likeness (QED) is 0.0263. The first kappa shape index (κ1) is 51.3. The van der Waals surface area contributed by atoms with Crippen molar-refractivity contribution >= 4 is 35.3 Å². The molecule has 4 aromatic carbocycles. The molecule has 2 amide bonds. The first-order valence-electron chi connectivity index (χ1n) is 22.5. The summed E-state index contributed by atoms with van der Waals surface area (Å²) in [5.74, 6) is -3.63. The van der Waals surface area contributed by atoms with Gasteiger partial charge in [0.25, 0.3) is 0 Å². The Morgan fingerprint density at radius 2 is 1.00 bits per heavy atom. The summed E-state index contributed by atoms with van der Waals surface area (Å²) in [5.41, 5.74) is 42.6. The third-order valence-corrected chi connectivity index (χ3v) is 11.7. The van der Waals surface area contributed by atoms with Gasteiger partial charge in [0.05, 0.1) is 12.1 Å². The fourth-order valence-electron chi connectivity index (χ4n) is 7.64. The molecule has 4 aromatic rings. The van der Waals surface area contributed by atoms with Crippen LogP contribution in [-0.2, 0) is 42.8 Å². The molecule has 0 aliphatic heterocycles. The van der Waals surface area contributed by atoms with Crippen LogP contribution in [0.5, 0.6) is 0 Å². The second kappa shape index (κ2) is 23.5. The summed E-state index contributed by atoms with van der Waals surface area (Å²) in [7, 11) is 0. The molecular weight excluding hydrogens is 815 g/mol. The van der Waals surface area contributed by atoms with Crippen molar-refractivity contribution < 1.29 is 19.2 Å². The number of ketones is 2. The van der Waals surface area contributed by atoms with E-state index in [1.165, 1.54) is 11.1 Å². The topological polar surface area (TPSA) is 261 Å². The Labute approximate surface area is 385 Å². The molecule has 0 bridgehead atoms. The molecule has 0 aliphatic rings. The zero-order valence-electron chi connectivity index (χ0n) is 39.1. The van der Waals surface area contributed by atoms with Crippen LogP contribution in [-0.4, -0.2) is 60.5 Å². The van der Waals surface area contributed by atoms with Gasteiger partial charge >= 0.3 is 0 Å². The van der Waals surface area contributed by atoms with Crippen molar-refractivity contribution in [1.82, 2.24) is 5.32 Å². The lowest BCUT2D eigenvalue weighted by molar-refractivity contribution is -0.134. The summed E-state index contributed by atoms with van der Waals surface area (Å²) in [6.45, 7) is 13.7. The zero-order valence-corrected chi connectivity index (χ0v) is 39.1. The number of nitrogens with zero attached hydrogens (tertiary/aromatic N) is 2. The third-order valence-electron chi connectivity index (χ3n) is 11.7. The minimum Gasteiger partial charge on any atom is -0.370 e. The molecule has 4 atom stereocenters. The van der Waals surface area contributed by atoms with Crippen molar-refractivity contribution in [2.75, 3.05) is 13.1 Å². The van der Waals surface area contributed by atoms with Crippen LogP contribution in [0.4, 0.5) is 0 Å². The number of hydrogen-bond acceptors (Lipinski definition) is 7. The molecule has 0 radical (unpaired) electrons. The largest absolute Gasteiger partial charge is 0.370 e. The predicted molar refractivity (Wildman–Crippen MR) is 264 cm³/mol. The van der Waals surface area contributed by atoms with Crippen molar-refractivity contribution in [3.05, 3.63) is 119 Å². The van der Waals surface area contributed by atoms with Gasteiger partial charge in [0.1, 0.15) is 0 Å². The van der Waals surface area contributed by atoms with E-state index >= 15 is 0 Å². The number of guanidine groups is 2. The number of carbonyl (C=O) groups excluding carboxylic acids is 4. The first-order chi connectivity index (χ1) is 30.6. The Balaban J connectivity index is 1.60. The summed E-state index contributed by atoms with van der Waals surface area (Å²) in [5, 5.41) is 2.98. The predicted octanol–water partition coefficient (Wildman–Crippen LogP) is 5.96. The normalized spacial score (nSPS) is 13.5. The highest BCUT2D eigenvalue weighted by Gasteiger charge is 2.31. The molecule has 0 saturated heterocycles. The fourth-order valence-corrected chi connectivity index (χ4v) is 7.64. The fraction of sp³-hybridized carbons (Fsp3) is 0.423. The maximum atomic E-state index is 14.4. The van der Waals surface area contributed by atoms with Crippen LogP contribution in [0.2, 0.25) is 0 Å². The molecule has 65 heavy (non-hydrogen) atoms.